The molecule has 1 aliphatic heterocycles. The number of amides is 2. The molecule has 1 unspecified atom stereocenters. The van der Waals surface area contributed by atoms with Crippen molar-refractivity contribution < 1.29 is 18.0 Å². The summed E-state index contributed by atoms with van der Waals surface area (Å²) in [5.74, 6) is 0. The molecule has 2 amide bonds. The summed E-state index contributed by atoms with van der Waals surface area (Å²) in [5, 5.41) is 7.74. The first-order chi connectivity index (χ1) is 14.8. The van der Waals surface area contributed by atoms with E-state index in [1.165, 1.54) is 12.1 Å². The fourth-order valence-corrected chi connectivity index (χ4v) is 3.93. The number of carbonyl (C=O) groups excluding carboxylic acids is 1. The van der Waals surface area contributed by atoms with Crippen molar-refractivity contribution in [2.45, 2.75) is 32.1 Å². The Kier molecular flexibility index (Phi) is 5.82. The number of rotatable bonds is 4. The summed E-state index contributed by atoms with van der Waals surface area (Å²) in [5.41, 5.74) is 1.54. The first kappa shape index (κ1) is 21.1. The van der Waals surface area contributed by atoms with Crippen LogP contribution in [0.1, 0.15) is 23.2 Å². The van der Waals surface area contributed by atoms with Gasteiger partial charge >= 0.3 is 12.2 Å². The van der Waals surface area contributed by atoms with Crippen LogP contribution >= 0.6 is 0 Å². The van der Waals surface area contributed by atoms with Crippen molar-refractivity contribution in [2.75, 3.05) is 18.4 Å². The van der Waals surface area contributed by atoms with Gasteiger partial charge in [0.1, 0.15) is 0 Å². The molecule has 3 aromatic rings. The minimum atomic E-state index is -4.35. The molecular weight excluding hydrogens is 405 g/mol. The van der Waals surface area contributed by atoms with E-state index in [1.807, 2.05) is 36.1 Å². The molecule has 0 saturated carbocycles. The molecule has 1 aromatic heterocycles. The molecule has 1 atom stereocenters. The Labute approximate surface area is 178 Å². The van der Waals surface area contributed by atoms with E-state index >= 15 is 0 Å². The van der Waals surface area contributed by atoms with E-state index < -0.39 is 11.7 Å². The Morgan fingerprint density at radius 3 is 2.81 bits per heavy atom. The van der Waals surface area contributed by atoms with Gasteiger partial charge in [0, 0.05) is 48.3 Å². The first-order valence-electron chi connectivity index (χ1n) is 10.1. The lowest BCUT2D eigenvalue weighted by atomic mass is 10.1. The molecule has 31 heavy (non-hydrogen) atoms. The lowest BCUT2D eigenvalue weighted by molar-refractivity contribution is -0.137. The van der Waals surface area contributed by atoms with E-state index in [4.69, 9.17) is 0 Å². The third-order valence-corrected chi connectivity index (χ3v) is 5.42. The van der Waals surface area contributed by atoms with Crippen molar-refractivity contribution in [2.24, 2.45) is 0 Å². The van der Waals surface area contributed by atoms with Crippen LogP contribution in [-0.4, -0.2) is 35.0 Å². The fourth-order valence-electron chi connectivity index (χ4n) is 3.93. The average molecular weight is 428 g/mol. The number of aromatic nitrogens is 1. The predicted octanol–water partition coefficient (Wildman–Crippen LogP) is 4.96. The molecule has 0 spiro atoms. The highest BCUT2D eigenvalue weighted by atomic mass is 19.4. The van der Waals surface area contributed by atoms with Gasteiger partial charge in [-0.3, -0.25) is 9.88 Å². The van der Waals surface area contributed by atoms with Gasteiger partial charge in [0.25, 0.3) is 0 Å². The van der Waals surface area contributed by atoms with Crippen LogP contribution < -0.4 is 10.6 Å². The van der Waals surface area contributed by atoms with Crippen molar-refractivity contribution in [3.63, 3.8) is 0 Å². The smallest absolute Gasteiger partial charge is 0.334 e. The molecule has 2 N–H and O–H groups in total. The number of nitrogens with zero attached hydrogens (tertiary/aromatic N) is 2. The molecule has 1 fully saturated rings. The highest BCUT2D eigenvalue weighted by molar-refractivity contribution is 6.01. The third kappa shape index (κ3) is 5.14. The molecule has 1 aliphatic rings. The number of nitrogens with one attached hydrogen (secondary N) is 2. The maximum atomic E-state index is 12.9. The lowest BCUT2D eigenvalue weighted by Crippen LogP contribution is -2.39. The number of halogens is 3. The largest absolute Gasteiger partial charge is 0.416 e. The number of benzene rings is 2. The van der Waals surface area contributed by atoms with Crippen molar-refractivity contribution in [1.82, 2.24) is 15.2 Å². The van der Waals surface area contributed by atoms with Crippen LogP contribution in [-0.2, 0) is 12.7 Å². The highest BCUT2D eigenvalue weighted by Gasteiger charge is 2.31. The number of aryl methyl sites for hydroxylation is 1. The Bertz CT molecular complexity index is 1100. The maximum Gasteiger partial charge on any atom is 0.416 e. The summed E-state index contributed by atoms with van der Waals surface area (Å²) in [7, 11) is 0. The molecule has 2 aromatic carbocycles. The number of urea groups is 1. The van der Waals surface area contributed by atoms with Gasteiger partial charge in [-0.1, -0.05) is 30.3 Å². The molecular formula is C23H23F3N4O. The molecule has 4 rings (SSSR count). The van der Waals surface area contributed by atoms with Gasteiger partial charge in [-0.25, -0.2) is 4.79 Å². The van der Waals surface area contributed by atoms with Gasteiger partial charge in [-0.05, 0) is 37.1 Å². The summed E-state index contributed by atoms with van der Waals surface area (Å²) >= 11 is 0. The zero-order valence-corrected chi connectivity index (χ0v) is 17.0. The Morgan fingerprint density at radius 1 is 1.19 bits per heavy atom. The molecule has 0 bridgehead atoms. The number of pyridine rings is 1. The second kappa shape index (κ2) is 8.55. The second-order valence-corrected chi connectivity index (χ2v) is 7.87. The summed E-state index contributed by atoms with van der Waals surface area (Å²) in [4.78, 5) is 18.9. The Morgan fingerprint density at radius 2 is 2.00 bits per heavy atom. The molecule has 2 heterocycles. The first-order valence-corrected chi connectivity index (χ1v) is 10.1. The molecule has 5 nitrogen and oxygen atoms in total. The van der Waals surface area contributed by atoms with Crippen LogP contribution in [0, 0.1) is 6.92 Å². The Balaban J connectivity index is 1.35. The number of anilines is 1. The number of carbonyl (C=O) groups is 1. The summed E-state index contributed by atoms with van der Waals surface area (Å²) < 4.78 is 38.7. The zero-order valence-electron chi connectivity index (χ0n) is 17.0. The SMILES string of the molecule is Cc1cc2c(NC(=O)NC3CCN(Cc4cccc(C(F)(F)F)c4)C3)cccc2cn1. The van der Waals surface area contributed by atoms with Crippen molar-refractivity contribution in [3.05, 3.63) is 71.5 Å². The van der Waals surface area contributed by atoms with Crippen LogP contribution in [0.5, 0.6) is 0 Å². The maximum absolute atomic E-state index is 12.9. The van der Waals surface area contributed by atoms with E-state index in [2.05, 4.69) is 15.6 Å². The minimum Gasteiger partial charge on any atom is -0.334 e. The molecule has 0 aliphatic carbocycles. The number of fused-ring (bicyclic) bond motifs is 1. The summed E-state index contributed by atoms with van der Waals surface area (Å²) in [6.45, 7) is 3.61. The number of likely N-dealkylation sites (tertiary alicyclic amines) is 1. The second-order valence-electron chi connectivity index (χ2n) is 7.87. The van der Waals surface area contributed by atoms with E-state index in [0.717, 1.165) is 29.0 Å². The predicted molar refractivity (Wildman–Crippen MR) is 114 cm³/mol. The molecule has 8 heteroatoms. The average Bonchev–Trinajstić information content (AvgIpc) is 3.14. The van der Waals surface area contributed by atoms with E-state index in [0.29, 0.717) is 30.9 Å². The highest BCUT2D eigenvalue weighted by Crippen LogP contribution is 2.30. The van der Waals surface area contributed by atoms with Crippen molar-refractivity contribution in [3.8, 4) is 0 Å². The molecule has 162 valence electrons. The summed E-state index contributed by atoms with van der Waals surface area (Å²) in [6.07, 6.45) is -1.83. The molecule has 1 saturated heterocycles. The molecule has 0 radical (unpaired) electrons. The van der Waals surface area contributed by atoms with E-state index in [9.17, 15) is 18.0 Å². The van der Waals surface area contributed by atoms with Crippen LogP contribution in [0.2, 0.25) is 0 Å². The fraction of sp³-hybridized carbons (Fsp3) is 0.304. The van der Waals surface area contributed by atoms with Gasteiger partial charge in [0.2, 0.25) is 0 Å². The van der Waals surface area contributed by atoms with Gasteiger partial charge < -0.3 is 10.6 Å². The standard InChI is InChI=1S/C23H23F3N4O/c1-15-10-20-17(12-27-15)5-3-7-21(20)29-22(31)28-19-8-9-30(14-19)13-16-4-2-6-18(11-16)23(24,25)26/h2-7,10-12,19H,8-9,13-14H2,1H3,(H2,28,29,31). The summed E-state index contributed by atoms with van der Waals surface area (Å²) in [6, 6.07) is 12.6. The number of alkyl halides is 3. The van der Waals surface area contributed by atoms with Crippen LogP contribution in [0.4, 0.5) is 23.7 Å². The quantitative estimate of drug-likeness (QED) is 0.618. The topological polar surface area (TPSA) is 57.3 Å². The monoisotopic (exact) mass is 428 g/mol. The zero-order chi connectivity index (χ0) is 22.0. The Hall–Kier alpha value is -3.13. The number of hydrogen-bond acceptors (Lipinski definition) is 3. The van der Waals surface area contributed by atoms with Gasteiger partial charge in [-0.2, -0.15) is 13.2 Å². The van der Waals surface area contributed by atoms with Crippen molar-refractivity contribution >= 4 is 22.5 Å². The van der Waals surface area contributed by atoms with Crippen molar-refractivity contribution in [1.29, 1.82) is 0 Å². The van der Waals surface area contributed by atoms with E-state index in [-0.39, 0.29) is 12.1 Å². The third-order valence-electron chi connectivity index (χ3n) is 5.42. The van der Waals surface area contributed by atoms with Gasteiger partial charge in [-0.15, -0.1) is 0 Å². The van der Waals surface area contributed by atoms with Gasteiger partial charge in [0.15, 0.2) is 0 Å². The van der Waals surface area contributed by atoms with Gasteiger partial charge in [0.05, 0.1) is 11.3 Å². The van der Waals surface area contributed by atoms with Crippen LogP contribution in [0.3, 0.4) is 0 Å². The minimum absolute atomic E-state index is 0.0656. The number of hydrogen-bond donors (Lipinski definition) is 2. The normalized spacial score (nSPS) is 17.1. The van der Waals surface area contributed by atoms with Crippen LogP contribution in [0.15, 0.2) is 54.7 Å². The van der Waals surface area contributed by atoms with E-state index in [1.54, 1.807) is 12.3 Å². The lowest BCUT2D eigenvalue weighted by Gasteiger charge is -2.18. The van der Waals surface area contributed by atoms with Crippen LogP contribution in [0.25, 0.3) is 10.8 Å².